The van der Waals surface area contributed by atoms with Gasteiger partial charge in [-0.25, -0.2) is 4.79 Å². The molecule has 2 fully saturated rings. The number of amides is 1. The molecule has 1 saturated heterocycles. The molecule has 0 bridgehead atoms. The molecule has 0 radical (unpaired) electrons. The Balaban J connectivity index is 1.45. The molecule has 170 valence electrons. The molecule has 1 aromatic rings. The summed E-state index contributed by atoms with van der Waals surface area (Å²) in [4.78, 5) is 20.3. The summed E-state index contributed by atoms with van der Waals surface area (Å²) in [5.74, 6) is 1.49. The van der Waals surface area contributed by atoms with Gasteiger partial charge in [-0.3, -0.25) is 0 Å². The summed E-state index contributed by atoms with van der Waals surface area (Å²) in [6.45, 7) is 6.81. The van der Waals surface area contributed by atoms with Crippen molar-refractivity contribution in [3.05, 3.63) is 23.8 Å². The highest BCUT2D eigenvalue weighted by Crippen LogP contribution is 2.38. The smallest absolute Gasteiger partial charge is 0.410 e. The summed E-state index contributed by atoms with van der Waals surface area (Å²) in [5.41, 5.74) is 0.848. The Bertz CT molecular complexity index is 841. The number of oxime groups is 1. The second-order valence-corrected chi connectivity index (χ2v) is 9.88. The number of piperidine rings is 1. The van der Waals surface area contributed by atoms with Crippen LogP contribution < -0.4 is 9.47 Å². The lowest BCUT2D eigenvalue weighted by Crippen LogP contribution is -2.51. The van der Waals surface area contributed by atoms with Gasteiger partial charge in [-0.2, -0.15) is 0 Å². The maximum Gasteiger partial charge on any atom is 0.410 e. The lowest BCUT2D eigenvalue weighted by molar-refractivity contribution is -0.0719. The van der Waals surface area contributed by atoms with E-state index in [2.05, 4.69) is 5.16 Å². The number of carbonyl (C=O) groups is 1. The van der Waals surface area contributed by atoms with Crippen LogP contribution in [0.15, 0.2) is 23.4 Å². The number of likely N-dealkylation sites (tertiary alicyclic amines) is 1. The third kappa shape index (κ3) is 5.08. The lowest BCUT2D eigenvalue weighted by Gasteiger charge is -2.38. The Kier molecular flexibility index (Phi) is 6.04. The topological polar surface area (TPSA) is 69.6 Å². The highest BCUT2D eigenvalue weighted by Gasteiger charge is 2.45. The van der Waals surface area contributed by atoms with Crippen LogP contribution in [0.1, 0.15) is 71.3 Å². The predicted molar refractivity (Wildman–Crippen MR) is 118 cm³/mol. The van der Waals surface area contributed by atoms with Gasteiger partial charge in [-0.05, 0) is 77.5 Å². The SMILES string of the molecule is COc1ccc(C2=NOC3(CCCN(C(=O)OC(C)(C)C)C3)C2)cc1OC1CCCC1. The van der Waals surface area contributed by atoms with Gasteiger partial charge in [0.2, 0.25) is 0 Å². The number of methoxy groups -OCH3 is 1. The van der Waals surface area contributed by atoms with Crippen LogP contribution in [0, 0.1) is 0 Å². The molecule has 2 aliphatic heterocycles. The van der Waals surface area contributed by atoms with E-state index in [-0.39, 0.29) is 12.2 Å². The molecular weight excluding hydrogens is 396 g/mol. The summed E-state index contributed by atoms with van der Waals surface area (Å²) in [5, 5.41) is 4.42. The molecule has 3 aliphatic rings. The monoisotopic (exact) mass is 430 g/mol. The summed E-state index contributed by atoms with van der Waals surface area (Å²) in [7, 11) is 1.66. The predicted octanol–water partition coefficient (Wildman–Crippen LogP) is 4.91. The Hall–Kier alpha value is -2.44. The number of nitrogens with zero attached hydrogens (tertiary/aromatic N) is 2. The van der Waals surface area contributed by atoms with Gasteiger partial charge in [0.25, 0.3) is 0 Å². The van der Waals surface area contributed by atoms with Crippen LogP contribution in [-0.2, 0) is 9.57 Å². The van der Waals surface area contributed by atoms with E-state index < -0.39 is 11.2 Å². The molecule has 4 rings (SSSR count). The molecule has 31 heavy (non-hydrogen) atoms. The summed E-state index contributed by atoms with van der Waals surface area (Å²) < 4.78 is 17.3. The van der Waals surface area contributed by atoms with Crippen molar-refractivity contribution < 1.29 is 23.8 Å². The van der Waals surface area contributed by atoms with Gasteiger partial charge in [0.1, 0.15) is 5.60 Å². The molecule has 7 nitrogen and oxygen atoms in total. The van der Waals surface area contributed by atoms with Gasteiger partial charge in [0, 0.05) is 18.5 Å². The Morgan fingerprint density at radius 3 is 2.68 bits per heavy atom. The van der Waals surface area contributed by atoms with E-state index in [1.54, 1.807) is 12.0 Å². The third-order valence-corrected chi connectivity index (χ3v) is 6.12. The molecule has 0 N–H and O–H groups in total. The van der Waals surface area contributed by atoms with E-state index in [0.717, 1.165) is 48.5 Å². The van der Waals surface area contributed by atoms with Gasteiger partial charge in [0.05, 0.1) is 25.5 Å². The fraction of sp³-hybridized carbons (Fsp3) is 0.667. The number of rotatable bonds is 4. The molecule has 1 aliphatic carbocycles. The van der Waals surface area contributed by atoms with Crippen molar-refractivity contribution in [2.24, 2.45) is 5.16 Å². The fourth-order valence-electron chi connectivity index (χ4n) is 4.61. The van der Waals surface area contributed by atoms with E-state index >= 15 is 0 Å². The van der Waals surface area contributed by atoms with E-state index in [4.69, 9.17) is 19.0 Å². The first-order chi connectivity index (χ1) is 14.8. The van der Waals surface area contributed by atoms with Gasteiger partial charge in [-0.1, -0.05) is 5.16 Å². The first kappa shape index (κ1) is 21.8. The second-order valence-electron chi connectivity index (χ2n) is 9.88. The fourth-order valence-corrected chi connectivity index (χ4v) is 4.61. The van der Waals surface area contributed by atoms with Crippen LogP contribution in [0.5, 0.6) is 11.5 Å². The first-order valence-electron chi connectivity index (χ1n) is 11.3. The Labute approximate surface area is 184 Å². The molecule has 7 heteroatoms. The number of hydrogen-bond acceptors (Lipinski definition) is 6. The quantitative estimate of drug-likeness (QED) is 0.679. The molecule has 1 saturated carbocycles. The van der Waals surface area contributed by atoms with Crippen LogP contribution in [0.25, 0.3) is 0 Å². The zero-order valence-corrected chi connectivity index (χ0v) is 19.1. The standard InChI is InChI=1S/C24H34N2O5/c1-23(2,3)30-22(27)26-13-7-12-24(16-26)15-19(25-31-24)17-10-11-20(28-4)21(14-17)29-18-8-5-6-9-18/h10-11,14,18H,5-9,12-13,15-16H2,1-4H3. The van der Waals surface area contributed by atoms with E-state index in [1.807, 2.05) is 39.0 Å². The largest absolute Gasteiger partial charge is 0.493 e. The zero-order chi connectivity index (χ0) is 22.1. The minimum atomic E-state index is -0.515. The van der Waals surface area contributed by atoms with Crippen LogP contribution in [-0.4, -0.2) is 54.2 Å². The number of carbonyl (C=O) groups excluding carboxylic acids is 1. The highest BCUT2D eigenvalue weighted by molar-refractivity contribution is 6.02. The zero-order valence-electron chi connectivity index (χ0n) is 19.1. The van der Waals surface area contributed by atoms with Gasteiger partial charge in [-0.15, -0.1) is 0 Å². The average Bonchev–Trinajstić information content (AvgIpc) is 3.37. The van der Waals surface area contributed by atoms with Crippen molar-refractivity contribution in [1.82, 2.24) is 4.90 Å². The number of benzene rings is 1. The lowest BCUT2D eigenvalue weighted by atomic mass is 9.87. The van der Waals surface area contributed by atoms with Crippen molar-refractivity contribution >= 4 is 11.8 Å². The van der Waals surface area contributed by atoms with Gasteiger partial charge in [0.15, 0.2) is 17.1 Å². The molecule has 1 atom stereocenters. The second kappa shape index (κ2) is 8.60. The third-order valence-electron chi connectivity index (χ3n) is 6.12. The van der Waals surface area contributed by atoms with Crippen molar-refractivity contribution in [2.75, 3.05) is 20.2 Å². The van der Waals surface area contributed by atoms with Crippen molar-refractivity contribution in [2.45, 2.75) is 83.0 Å². The summed E-state index contributed by atoms with van der Waals surface area (Å²) in [6, 6.07) is 5.93. The van der Waals surface area contributed by atoms with Crippen LogP contribution in [0.2, 0.25) is 0 Å². The van der Waals surface area contributed by atoms with Crippen LogP contribution >= 0.6 is 0 Å². The molecule has 1 aromatic carbocycles. The van der Waals surface area contributed by atoms with E-state index in [0.29, 0.717) is 19.5 Å². The van der Waals surface area contributed by atoms with E-state index in [9.17, 15) is 4.79 Å². The summed E-state index contributed by atoms with van der Waals surface area (Å²) in [6.07, 6.45) is 6.93. The maximum atomic E-state index is 12.6. The molecule has 1 unspecified atom stereocenters. The van der Waals surface area contributed by atoms with Gasteiger partial charge >= 0.3 is 6.09 Å². The Morgan fingerprint density at radius 1 is 1.19 bits per heavy atom. The molecule has 1 amide bonds. The molecule has 1 spiro atoms. The van der Waals surface area contributed by atoms with Crippen LogP contribution in [0.4, 0.5) is 4.79 Å². The normalized spacial score (nSPS) is 24.1. The maximum absolute atomic E-state index is 12.6. The van der Waals surface area contributed by atoms with Crippen LogP contribution in [0.3, 0.4) is 0 Å². The molecule has 2 heterocycles. The summed E-state index contributed by atoms with van der Waals surface area (Å²) >= 11 is 0. The van der Waals surface area contributed by atoms with Crippen molar-refractivity contribution in [3.8, 4) is 11.5 Å². The van der Waals surface area contributed by atoms with E-state index in [1.165, 1.54) is 12.8 Å². The minimum absolute atomic E-state index is 0.248. The minimum Gasteiger partial charge on any atom is -0.493 e. The van der Waals surface area contributed by atoms with Gasteiger partial charge < -0.3 is 23.9 Å². The number of ether oxygens (including phenoxy) is 3. The Morgan fingerprint density at radius 2 is 1.97 bits per heavy atom. The molecular formula is C24H34N2O5. The van der Waals surface area contributed by atoms with Crippen molar-refractivity contribution in [3.63, 3.8) is 0 Å². The number of hydrogen-bond donors (Lipinski definition) is 0. The van der Waals surface area contributed by atoms with Crippen molar-refractivity contribution in [1.29, 1.82) is 0 Å². The first-order valence-corrected chi connectivity index (χ1v) is 11.3. The average molecular weight is 431 g/mol. The highest BCUT2D eigenvalue weighted by atomic mass is 16.7. The molecule has 0 aromatic heterocycles.